The van der Waals surface area contributed by atoms with Crippen LogP contribution in [0.2, 0.25) is 0 Å². The van der Waals surface area contributed by atoms with E-state index in [0.29, 0.717) is 24.1 Å². The molecule has 0 bridgehead atoms. The van der Waals surface area contributed by atoms with Crippen molar-refractivity contribution < 1.29 is 14.7 Å². The van der Waals surface area contributed by atoms with Crippen molar-refractivity contribution in [3.8, 4) is 0 Å². The highest BCUT2D eigenvalue weighted by molar-refractivity contribution is 7.98. The highest BCUT2D eigenvalue weighted by atomic mass is 32.2. The number of fused-ring (bicyclic) bond motifs is 1. The Kier molecular flexibility index (Phi) is 5.30. The molecule has 0 aliphatic carbocycles. The Hall–Kier alpha value is -2.02. The Morgan fingerprint density at radius 3 is 2.61 bits per heavy atom. The first kappa shape index (κ1) is 17.3. The molecule has 2 aromatic rings. The maximum atomic E-state index is 12.7. The van der Waals surface area contributed by atoms with Gasteiger partial charge in [-0.3, -0.25) is 14.0 Å². The van der Waals surface area contributed by atoms with Gasteiger partial charge in [0.15, 0.2) is 10.9 Å². The summed E-state index contributed by atoms with van der Waals surface area (Å²) in [6.07, 6.45) is 4.74. The number of carboxylic acid groups (broad SMARTS) is 1. The SMILES string of the molecule is CCC(CC)(CC(=O)O)NC(=O)c1nc(SC)n2ccccc12. The molecule has 0 atom stereocenters. The third kappa shape index (κ3) is 3.50. The van der Waals surface area contributed by atoms with Crippen LogP contribution in [0.25, 0.3) is 5.52 Å². The number of carbonyl (C=O) groups excluding carboxylic acids is 1. The summed E-state index contributed by atoms with van der Waals surface area (Å²) in [6, 6.07) is 5.56. The van der Waals surface area contributed by atoms with Gasteiger partial charge in [0.05, 0.1) is 17.5 Å². The highest BCUT2D eigenvalue weighted by Gasteiger charge is 2.32. The van der Waals surface area contributed by atoms with E-state index in [0.717, 1.165) is 5.16 Å². The van der Waals surface area contributed by atoms with Gasteiger partial charge < -0.3 is 10.4 Å². The first-order valence-corrected chi connectivity index (χ1v) is 8.74. The quantitative estimate of drug-likeness (QED) is 0.760. The third-order valence-corrected chi connectivity index (χ3v) is 4.79. The van der Waals surface area contributed by atoms with E-state index < -0.39 is 11.5 Å². The molecule has 0 fully saturated rings. The maximum absolute atomic E-state index is 12.7. The lowest BCUT2D eigenvalue weighted by Crippen LogP contribution is -2.49. The van der Waals surface area contributed by atoms with Crippen molar-refractivity contribution >= 4 is 29.2 Å². The Bertz CT molecular complexity index is 722. The molecule has 2 aromatic heterocycles. The van der Waals surface area contributed by atoms with Crippen LogP contribution in [-0.2, 0) is 4.79 Å². The molecule has 1 amide bonds. The first-order valence-electron chi connectivity index (χ1n) is 7.51. The largest absolute Gasteiger partial charge is 0.481 e. The zero-order chi connectivity index (χ0) is 17.0. The maximum Gasteiger partial charge on any atom is 0.305 e. The molecule has 0 aliphatic heterocycles. The third-order valence-electron chi connectivity index (χ3n) is 4.14. The van der Waals surface area contributed by atoms with E-state index in [1.807, 2.05) is 48.9 Å². The van der Waals surface area contributed by atoms with Gasteiger partial charge in [-0.05, 0) is 31.2 Å². The summed E-state index contributed by atoms with van der Waals surface area (Å²) in [7, 11) is 0. The number of thioether (sulfide) groups is 1. The van der Waals surface area contributed by atoms with Crippen LogP contribution >= 0.6 is 11.8 Å². The van der Waals surface area contributed by atoms with Crippen LogP contribution in [0.3, 0.4) is 0 Å². The van der Waals surface area contributed by atoms with Gasteiger partial charge in [-0.15, -0.1) is 0 Å². The summed E-state index contributed by atoms with van der Waals surface area (Å²) in [5.74, 6) is -1.26. The Morgan fingerprint density at radius 2 is 2.04 bits per heavy atom. The van der Waals surface area contributed by atoms with Gasteiger partial charge in [0.25, 0.3) is 5.91 Å². The molecule has 2 heterocycles. The van der Waals surface area contributed by atoms with Crippen molar-refractivity contribution in [2.24, 2.45) is 0 Å². The van der Waals surface area contributed by atoms with Crippen LogP contribution in [-0.4, -0.2) is 38.2 Å². The van der Waals surface area contributed by atoms with Crippen LogP contribution in [0.5, 0.6) is 0 Å². The van der Waals surface area contributed by atoms with Crippen molar-refractivity contribution in [1.29, 1.82) is 0 Å². The topological polar surface area (TPSA) is 83.7 Å². The molecule has 0 spiro atoms. The second kappa shape index (κ2) is 7.04. The molecule has 0 radical (unpaired) electrons. The number of imidazole rings is 1. The monoisotopic (exact) mass is 335 g/mol. The van der Waals surface area contributed by atoms with Gasteiger partial charge >= 0.3 is 5.97 Å². The van der Waals surface area contributed by atoms with Gasteiger partial charge in [0.2, 0.25) is 0 Å². The lowest BCUT2D eigenvalue weighted by atomic mass is 9.89. The second-order valence-electron chi connectivity index (χ2n) is 5.42. The molecule has 2 N–H and O–H groups in total. The summed E-state index contributed by atoms with van der Waals surface area (Å²) in [4.78, 5) is 28.3. The van der Waals surface area contributed by atoms with Crippen LogP contribution in [0.15, 0.2) is 29.6 Å². The van der Waals surface area contributed by atoms with E-state index in [2.05, 4.69) is 10.3 Å². The Labute approximate surface area is 139 Å². The van der Waals surface area contributed by atoms with Crippen LogP contribution in [0, 0.1) is 0 Å². The van der Waals surface area contributed by atoms with Gasteiger partial charge in [-0.2, -0.15) is 0 Å². The number of amides is 1. The number of carboxylic acids is 1. The lowest BCUT2D eigenvalue weighted by molar-refractivity contribution is -0.138. The number of nitrogens with zero attached hydrogens (tertiary/aromatic N) is 2. The standard InChI is InChI=1S/C16H21N3O3S/c1-4-16(5-2,10-12(20)21)18-14(22)13-11-8-6-7-9-19(11)15(17-13)23-3/h6-9H,4-5,10H2,1-3H3,(H,18,22)(H,20,21). The summed E-state index contributed by atoms with van der Waals surface area (Å²) >= 11 is 1.45. The highest BCUT2D eigenvalue weighted by Crippen LogP contribution is 2.23. The van der Waals surface area contributed by atoms with Crippen LogP contribution in [0.4, 0.5) is 0 Å². The zero-order valence-electron chi connectivity index (χ0n) is 13.5. The fourth-order valence-electron chi connectivity index (χ4n) is 2.63. The van der Waals surface area contributed by atoms with Crippen LogP contribution in [0.1, 0.15) is 43.6 Å². The van der Waals surface area contributed by atoms with Gasteiger partial charge in [0, 0.05) is 6.20 Å². The Balaban J connectivity index is 2.38. The first-order chi connectivity index (χ1) is 11.0. The molecular weight excluding hydrogens is 314 g/mol. The van der Waals surface area contributed by atoms with E-state index >= 15 is 0 Å². The number of pyridine rings is 1. The molecule has 0 unspecified atom stereocenters. The fraction of sp³-hybridized carbons (Fsp3) is 0.438. The molecule has 23 heavy (non-hydrogen) atoms. The van der Waals surface area contributed by atoms with E-state index in [4.69, 9.17) is 5.11 Å². The van der Waals surface area contributed by atoms with Crippen LogP contribution < -0.4 is 5.32 Å². The normalized spacial score (nSPS) is 11.6. The minimum absolute atomic E-state index is 0.104. The fourth-order valence-corrected chi connectivity index (χ4v) is 3.17. The molecular formula is C16H21N3O3S. The summed E-state index contributed by atoms with van der Waals surface area (Å²) in [6.45, 7) is 3.76. The number of aliphatic carboxylic acids is 1. The Morgan fingerprint density at radius 1 is 1.35 bits per heavy atom. The molecule has 6 nitrogen and oxygen atoms in total. The van der Waals surface area contributed by atoms with E-state index in [-0.39, 0.29) is 12.3 Å². The minimum Gasteiger partial charge on any atom is -0.481 e. The second-order valence-corrected chi connectivity index (χ2v) is 6.19. The predicted octanol–water partition coefficient (Wildman–Crippen LogP) is 2.82. The van der Waals surface area contributed by atoms with E-state index in [1.165, 1.54) is 11.8 Å². The number of nitrogens with one attached hydrogen (secondary N) is 1. The van der Waals surface area contributed by atoms with Crippen molar-refractivity contribution in [3.63, 3.8) is 0 Å². The summed E-state index contributed by atoms with van der Waals surface area (Å²) < 4.78 is 1.86. The molecule has 124 valence electrons. The number of rotatable bonds is 7. The molecule has 0 saturated heterocycles. The van der Waals surface area contributed by atoms with E-state index in [1.54, 1.807) is 0 Å². The minimum atomic E-state index is -0.923. The molecule has 0 aromatic carbocycles. The molecule has 0 aliphatic rings. The molecule has 2 rings (SSSR count). The number of aromatic nitrogens is 2. The van der Waals surface area contributed by atoms with Crippen molar-refractivity contribution in [1.82, 2.24) is 14.7 Å². The number of carbonyl (C=O) groups is 2. The lowest BCUT2D eigenvalue weighted by Gasteiger charge is -2.31. The van der Waals surface area contributed by atoms with Gasteiger partial charge in [-0.1, -0.05) is 31.7 Å². The van der Waals surface area contributed by atoms with Gasteiger partial charge in [-0.25, -0.2) is 4.98 Å². The zero-order valence-corrected chi connectivity index (χ0v) is 14.3. The molecule has 0 saturated carbocycles. The number of hydrogen-bond acceptors (Lipinski definition) is 4. The van der Waals surface area contributed by atoms with Crippen molar-refractivity contribution in [2.45, 2.75) is 43.8 Å². The van der Waals surface area contributed by atoms with Crippen molar-refractivity contribution in [3.05, 3.63) is 30.1 Å². The number of hydrogen-bond donors (Lipinski definition) is 2. The van der Waals surface area contributed by atoms with Crippen molar-refractivity contribution in [2.75, 3.05) is 6.26 Å². The van der Waals surface area contributed by atoms with E-state index in [9.17, 15) is 9.59 Å². The summed E-state index contributed by atoms with van der Waals surface area (Å²) in [5.41, 5.74) is 0.282. The predicted molar refractivity (Wildman–Crippen MR) is 90.0 cm³/mol. The average Bonchev–Trinajstić information content (AvgIpc) is 2.92. The summed E-state index contributed by atoms with van der Waals surface area (Å²) in [5, 5.41) is 12.8. The van der Waals surface area contributed by atoms with Gasteiger partial charge in [0.1, 0.15) is 0 Å². The average molecular weight is 335 g/mol. The smallest absolute Gasteiger partial charge is 0.305 e. The molecule has 7 heteroatoms.